The Labute approximate surface area is 117 Å². The third-order valence-electron chi connectivity index (χ3n) is 3.40. The fraction of sp³-hybridized carbons (Fsp3) is 0.467. The molecular formula is C15H24O3Si. The van der Waals surface area contributed by atoms with E-state index in [1.165, 1.54) is 5.56 Å². The molecule has 0 aliphatic rings. The van der Waals surface area contributed by atoms with Crippen molar-refractivity contribution in [3.05, 3.63) is 48.6 Å². The smallest absolute Gasteiger partial charge is 0.377 e. The maximum absolute atomic E-state index is 5.63. The minimum absolute atomic E-state index is 0.243. The van der Waals surface area contributed by atoms with E-state index < -0.39 is 8.80 Å². The van der Waals surface area contributed by atoms with Crippen LogP contribution in [-0.2, 0) is 19.7 Å². The molecule has 0 saturated heterocycles. The maximum Gasteiger partial charge on any atom is 0.503 e. The Morgan fingerprint density at radius 2 is 1.68 bits per heavy atom. The van der Waals surface area contributed by atoms with Crippen LogP contribution < -0.4 is 0 Å². The van der Waals surface area contributed by atoms with Crippen molar-refractivity contribution in [2.45, 2.75) is 24.8 Å². The van der Waals surface area contributed by atoms with E-state index in [9.17, 15) is 0 Å². The molecule has 0 heterocycles. The van der Waals surface area contributed by atoms with Crippen molar-refractivity contribution in [3.8, 4) is 0 Å². The van der Waals surface area contributed by atoms with E-state index in [1.54, 1.807) is 21.3 Å². The summed E-state index contributed by atoms with van der Waals surface area (Å²) in [5.74, 6) is 0. The van der Waals surface area contributed by atoms with Crippen molar-refractivity contribution in [3.63, 3.8) is 0 Å². The van der Waals surface area contributed by atoms with Crippen LogP contribution in [0.3, 0.4) is 0 Å². The van der Waals surface area contributed by atoms with Gasteiger partial charge in [0.25, 0.3) is 0 Å². The minimum Gasteiger partial charge on any atom is -0.377 e. The van der Waals surface area contributed by atoms with Gasteiger partial charge in [-0.15, -0.1) is 6.58 Å². The van der Waals surface area contributed by atoms with Crippen LogP contribution in [0.25, 0.3) is 0 Å². The summed E-state index contributed by atoms with van der Waals surface area (Å²) in [5.41, 5.74) is 1.52. The molecule has 0 N–H and O–H groups in total. The Balaban J connectivity index is 2.89. The average molecular weight is 280 g/mol. The fourth-order valence-corrected chi connectivity index (χ4v) is 4.88. The SMILES string of the molecule is C=CCCC(Cc1ccccc1)[Si](OC)(OC)OC. The van der Waals surface area contributed by atoms with Gasteiger partial charge in [0.2, 0.25) is 0 Å². The monoisotopic (exact) mass is 280 g/mol. The first kappa shape index (κ1) is 16.1. The van der Waals surface area contributed by atoms with Gasteiger partial charge in [0.05, 0.1) is 0 Å². The number of allylic oxidation sites excluding steroid dienone is 1. The Morgan fingerprint density at radius 3 is 2.16 bits per heavy atom. The summed E-state index contributed by atoms with van der Waals surface area (Å²) >= 11 is 0. The molecule has 0 aromatic heterocycles. The number of rotatable bonds is 9. The van der Waals surface area contributed by atoms with Crippen molar-refractivity contribution >= 4 is 8.80 Å². The molecule has 0 spiro atoms. The van der Waals surface area contributed by atoms with E-state index in [2.05, 4.69) is 30.8 Å². The first-order chi connectivity index (χ1) is 9.22. The predicted molar refractivity (Wildman–Crippen MR) is 80.1 cm³/mol. The standard InChI is InChI=1S/C15H24O3Si/c1-5-6-12-15(19(16-2,17-3)18-4)13-14-10-8-7-9-11-14/h5,7-11,15H,1,6,12-13H2,2-4H3. The zero-order valence-electron chi connectivity index (χ0n) is 12.1. The molecule has 0 bridgehead atoms. The largest absolute Gasteiger partial charge is 0.503 e. The van der Waals surface area contributed by atoms with Crippen LogP contribution in [0, 0.1) is 0 Å². The first-order valence-electron chi connectivity index (χ1n) is 6.52. The van der Waals surface area contributed by atoms with Gasteiger partial charge in [0.15, 0.2) is 0 Å². The summed E-state index contributed by atoms with van der Waals surface area (Å²) < 4.78 is 16.9. The number of hydrogen-bond donors (Lipinski definition) is 0. The van der Waals surface area contributed by atoms with Crippen LogP contribution in [0.5, 0.6) is 0 Å². The van der Waals surface area contributed by atoms with Crippen LogP contribution >= 0.6 is 0 Å². The average Bonchev–Trinajstić information content (AvgIpc) is 2.48. The summed E-state index contributed by atoms with van der Waals surface area (Å²) in [4.78, 5) is 0. The molecule has 0 radical (unpaired) electrons. The summed E-state index contributed by atoms with van der Waals surface area (Å²) in [6.07, 6.45) is 4.72. The first-order valence-corrected chi connectivity index (χ1v) is 8.33. The molecule has 0 amide bonds. The van der Waals surface area contributed by atoms with E-state index in [1.807, 2.05) is 12.1 Å². The van der Waals surface area contributed by atoms with Gasteiger partial charge >= 0.3 is 8.80 Å². The molecular weight excluding hydrogens is 256 g/mol. The third kappa shape index (κ3) is 4.28. The van der Waals surface area contributed by atoms with Crippen LogP contribution in [-0.4, -0.2) is 30.1 Å². The highest BCUT2D eigenvalue weighted by Gasteiger charge is 2.46. The molecule has 3 nitrogen and oxygen atoms in total. The second-order valence-corrected chi connectivity index (χ2v) is 7.72. The molecule has 1 atom stereocenters. The Bertz CT molecular complexity index is 355. The Hall–Kier alpha value is -0.943. The molecule has 106 valence electrons. The van der Waals surface area contributed by atoms with E-state index >= 15 is 0 Å². The second kappa shape index (κ2) is 8.27. The molecule has 0 aliphatic heterocycles. The minimum atomic E-state index is -2.61. The lowest BCUT2D eigenvalue weighted by Gasteiger charge is -2.32. The van der Waals surface area contributed by atoms with Crippen molar-refractivity contribution in [2.24, 2.45) is 0 Å². The highest BCUT2D eigenvalue weighted by Crippen LogP contribution is 2.32. The van der Waals surface area contributed by atoms with E-state index in [0.29, 0.717) is 0 Å². The molecule has 4 heteroatoms. The van der Waals surface area contributed by atoms with Gasteiger partial charge < -0.3 is 13.3 Å². The normalized spacial score (nSPS) is 13.2. The fourth-order valence-electron chi connectivity index (χ4n) is 2.37. The molecule has 1 aromatic carbocycles. The van der Waals surface area contributed by atoms with Crippen molar-refractivity contribution in [1.82, 2.24) is 0 Å². The molecule has 0 aliphatic carbocycles. The Kier molecular flexibility index (Phi) is 7.01. The third-order valence-corrected chi connectivity index (χ3v) is 6.60. The van der Waals surface area contributed by atoms with Crippen molar-refractivity contribution in [1.29, 1.82) is 0 Å². The van der Waals surface area contributed by atoms with Crippen LogP contribution in [0.15, 0.2) is 43.0 Å². The number of benzene rings is 1. The van der Waals surface area contributed by atoms with Crippen LogP contribution in [0.4, 0.5) is 0 Å². The molecule has 0 fully saturated rings. The maximum atomic E-state index is 5.63. The van der Waals surface area contributed by atoms with Gasteiger partial charge in [0, 0.05) is 26.9 Å². The zero-order valence-corrected chi connectivity index (χ0v) is 13.1. The highest BCUT2D eigenvalue weighted by molar-refractivity contribution is 6.62. The summed E-state index contributed by atoms with van der Waals surface area (Å²) in [5, 5.41) is 0. The van der Waals surface area contributed by atoms with Gasteiger partial charge in [-0.1, -0.05) is 36.4 Å². The van der Waals surface area contributed by atoms with Gasteiger partial charge in [-0.2, -0.15) is 0 Å². The lowest BCUT2D eigenvalue weighted by Crippen LogP contribution is -2.48. The molecule has 1 rings (SSSR count). The van der Waals surface area contributed by atoms with Crippen LogP contribution in [0.1, 0.15) is 18.4 Å². The van der Waals surface area contributed by atoms with Gasteiger partial charge in [0.1, 0.15) is 0 Å². The number of hydrogen-bond acceptors (Lipinski definition) is 3. The van der Waals surface area contributed by atoms with Crippen molar-refractivity contribution in [2.75, 3.05) is 21.3 Å². The molecule has 1 unspecified atom stereocenters. The van der Waals surface area contributed by atoms with E-state index in [4.69, 9.17) is 13.3 Å². The summed E-state index contributed by atoms with van der Waals surface area (Å²) in [6, 6.07) is 10.4. The highest BCUT2D eigenvalue weighted by atomic mass is 28.4. The zero-order chi connectivity index (χ0) is 14.1. The lowest BCUT2D eigenvalue weighted by molar-refractivity contribution is 0.109. The van der Waals surface area contributed by atoms with Gasteiger partial charge in [-0.05, 0) is 24.8 Å². The Morgan fingerprint density at radius 1 is 1.11 bits per heavy atom. The second-order valence-electron chi connectivity index (χ2n) is 4.47. The van der Waals surface area contributed by atoms with Crippen molar-refractivity contribution < 1.29 is 13.3 Å². The molecule has 19 heavy (non-hydrogen) atoms. The summed E-state index contributed by atoms with van der Waals surface area (Å²) in [6.45, 7) is 3.79. The lowest BCUT2D eigenvalue weighted by atomic mass is 10.1. The predicted octanol–water partition coefficient (Wildman–Crippen LogP) is 3.44. The summed E-state index contributed by atoms with van der Waals surface area (Å²) in [7, 11) is 2.40. The quantitative estimate of drug-likeness (QED) is 0.512. The molecule has 0 saturated carbocycles. The topological polar surface area (TPSA) is 27.7 Å². The van der Waals surface area contributed by atoms with Crippen LogP contribution in [0.2, 0.25) is 5.54 Å². The van der Waals surface area contributed by atoms with Gasteiger partial charge in [-0.25, -0.2) is 0 Å². The van der Waals surface area contributed by atoms with E-state index in [0.717, 1.165) is 19.3 Å². The van der Waals surface area contributed by atoms with E-state index in [-0.39, 0.29) is 5.54 Å². The van der Waals surface area contributed by atoms with Gasteiger partial charge in [-0.3, -0.25) is 0 Å². The molecule has 1 aromatic rings.